The summed E-state index contributed by atoms with van der Waals surface area (Å²) < 4.78 is 77.0. The molecule has 1 aliphatic rings. The van der Waals surface area contributed by atoms with E-state index in [1.807, 2.05) is 0 Å². The number of halogens is 4. The highest BCUT2D eigenvalue weighted by Gasteiger charge is 2.38. The summed E-state index contributed by atoms with van der Waals surface area (Å²) in [4.78, 5) is 39.3. The fourth-order valence-corrected chi connectivity index (χ4v) is 5.60. The van der Waals surface area contributed by atoms with E-state index in [0.29, 0.717) is 23.2 Å². The number of alkyl halides is 3. The Morgan fingerprint density at radius 3 is 2.26 bits per heavy atom. The average molecular weight is 690 g/mol. The highest BCUT2D eigenvalue weighted by Crippen LogP contribution is 2.29. The molecule has 5 N–H and O–H groups in total. The number of benzene rings is 2. The summed E-state index contributed by atoms with van der Waals surface area (Å²) in [5.74, 6) is -4.20. The van der Waals surface area contributed by atoms with Crippen molar-refractivity contribution in [2.45, 2.75) is 69.0 Å². The van der Waals surface area contributed by atoms with E-state index < -0.39 is 45.8 Å². The molecule has 0 aliphatic heterocycles. The molecule has 260 valence electrons. The molecule has 0 radical (unpaired) electrons. The van der Waals surface area contributed by atoms with Crippen LogP contribution in [0.5, 0.6) is 5.75 Å². The largest absolute Gasteiger partial charge is 0.494 e. The zero-order chi connectivity index (χ0) is 35.5. The number of nitrogens with two attached hydrogens (primary N) is 1. The minimum atomic E-state index is -5.08. The molecule has 1 saturated carbocycles. The number of hydrogen-bond donors (Lipinski definition) is 4. The molecule has 1 fully saturated rings. The number of rotatable bonds is 10. The molecule has 12 nitrogen and oxygen atoms in total. The summed E-state index contributed by atoms with van der Waals surface area (Å²) in [6.45, 7) is 1.76. The molecule has 0 unspecified atom stereocenters. The summed E-state index contributed by atoms with van der Waals surface area (Å²) in [7, 11) is 0.520. The maximum Gasteiger partial charge on any atom is 0.490 e. The molecule has 2 amide bonds. The molecular formula is C30H39F4N5O7S. The number of aryl methyl sites for hydroxylation is 1. The van der Waals surface area contributed by atoms with Crippen molar-refractivity contribution < 1.29 is 50.2 Å². The van der Waals surface area contributed by atoms with Gasteiger partial charge in [0, 0.05) is 19.8 Å². The Morgan fingerprint density at radius 1 is 1.11 bits per heavy atom. The second-order valence-corrected chi connectivity index (χ2v) is 13.2. The van der Waals surface area contributed by atoms with Gasteiger partial charge < -0.3 is 20.9 Å². The summed E-state index contributed by atoms with van der Waals surface area (Å²) in [6.07, 6.45) is 0.402. The number of carboxylic acids is 1. The van der Waals surface area contributed by atoms with Gasteiger partial charge in [-0.3, -0.25) is 14.9 Å². The molecule has 0 spiro atoms. The lowest BCUT2D eigenvalue weighted by molar-refractivity contribution is -0.192. The van der Waals surface area contributed by atoms with Crippen molar-refractivity contribution in [2.24, 2.45) is 16.6 Å². The minimum Gasteiger partial charge on any atom is -0.494 e. The zero-order valence-corrected chi connectivity index (χ0v) is 27.2. The summed E-state index contributed by atoms with van der Waals surface area (Å²) in [5, 5.41) is 12.4. The number of ether oxygens (including phenoxy) is 1. The maximum atomic E-state index is 14.0. The molecular weight excluding hydrogens is 650 g/mol. The van der Waals surface area contributed by atoms with Crippen LogP contribution in [0.25, 0.3) is 0 Å². The van der Waals surface area contributed by atoms with Gasteiger partial charge in [0.2, 0.25) is 21.8 Å². The van der Waals surface area contributed by atoms with E-state index in [-0.39, 0.29) is 28.9 Å². The van der Waals surface area contributed by atoms with Crippen molar-refractivity contribution in [3.05, 3.63) is 53.3 Å². The van der Waals surface area contributed by atoms with Gasteiger partial charge in [0.05, 0.1) is 18.4 Å². The number of nitrogens with zero attached hydrogens (tertiary/aromatic N) is 2. The van der Waals surface area contributed by atoms with Crippen LogP contribution in [0, 0.1) is 18.7 Å². The maximum absolute atomic E-state index is 14.0. The van der Waals surface area contributed by atoms with Crippen molar-refractivity contribution >= 4 is 39.5 Å². The van der Waals surface area contributed by atoms with Gasteiger partial charge in [-0.2, -0.15) is 13.2 Å². The van der Waals surface area contributed by atoms with Gasteiger partial charge in [-0.05, 0) is 54.7 Å². The predicted octanol–water partition coefficient (Wildman–Crippen LogP) is 3.98. The molecule has 17 heteroatoms. The van der Waals surface area contributed by atoms with Crippen LogP contribution < -0.4 is 21.1 Å². The number of aliphatic imine (C=N–C) groups is 1. The van der Waals surface area contributed by atoms with Gasteiger partial charge in [0.15, 0.2) is 17.5 Å². The number of sulfonamides is 1. The molecule has 0 aromatic heterocycles. The molecule has 1 atom stereocenters. The first-order valence-corrected chi connectivity index (χ1v) is 15.9. The third kappa shape index (κ3) is 12.1. The van der Waals surface area contributed by atoms with Crippen LogP contribution in [0.1, 0.15) is 49.7 Å². The van der Waals surface area contributed by atoms with Crippen LogP contribution in [0.4, 0.5) is 23.2 Å². The average Bonchev–Trinajstić information content (AvgIpc) is 2.98. The Kier molecular flexibility index (Phi) is 14.1. The van der Waals surface area contributed by atoms with Crippen LogP contribution in [-0.2, 0) is 30.8 Å². The zero-order valence-electron chi connectivity index (χ0n) is 26.4. The van der Waals surface area contributed by atoms with E-state index in [1.54, 1.807) is 19.1 Å². The van der Waals surface area contributed by atoms with E-state index in [2.05, 4.69) is 15.6 Å². The number of carbonyl (C=O) groups is 3. The summed E-state index contributed by atoms with van der Waals surface area (Å²) in [5.41, 5.74) is 7.49. The normalized spacial score (nSPS) is 14.9. The van der Waals surface area contributed by atoms with Gasteiger partial charge >= 0.3 is 12.1 Å². The lowest BCUT2D eigenvalue weighted by Gasteiger charge is -2.25. The van der Waals surface area contributed by atoms with E-state index in [1.165, 1.54) is 45.5 Å². The molecule has 47 heavy (non-hydrogen) atoms. The fourth-order valence-electron chi connectivity index (χ4n) is 4.67. The third-order valence-electron chi connectivity index (χ3n) is 7.22. The number of nitrogens with one attached hydrogen (secondary N) is 2. The van der Waals surface area contributed by atoms with Crippen LogP contribution in [-0.4, -0.2) is 75.0 Å². The van der Waals surface area contributed by atoms with Gasteiger partial charge in [-0.15, -0.1) is 0 Å². The van der Waals surface area contributed by atoms with Crippen LogP contribution in [0.3, 0.4) is 0 Å². The Morgan fingerprint density at radius 2 is 1.72 bits per heavy atom. The van der Waals surface area contributed by atoms with Crippen LogP contribution in [0.15, 0.2) is 46.3 Å². The monoisotopic (exact) mass is 689 g/mol. The summed E-state index contributed by atoms with van der Waals surface area (Å²) >= 11 is 0. The fraction of sp³-hybridized carbons (Fsp3) is 0.467. The molecule has 3 rings (SSSR count). The second kappa shape index (κ2) is 17.1. The lowest BCUT2D eigenvalue weighted by Crippen LogP contribution is -2.40. The van der Waals surface area contributed by atoms with Crippen molar-refractivity contribution in [1.29, 1.82) is 0 Å². The van der Waals surface area contributed by atoms with Crippen molar-refractivity contribution in [3.8, 4) is 5.75 Å². The second-order valence-electron chi connectivity index (χ2n) is 11.0. The number of aliphatic carboxylic acids is 1. The van der Waals surface area contributed by atoms with Gasteiger partial charge in [-0.1, -0.05) is 44.2 Å². The molecule has 2 aromatic carbocycles. The number of guanidine groups is 1. The molecule has 2 aromatic rings. The number of anilines is 1. The highest BCUT2D eigenvalue weighted by molar-refractivity contribution is 7.89. The first kappa shape index (κ1) is 38.9. The van der Waals surface area contributed by atoms with E-state index in [9.17, 15) is 35.6 Å². The Balaban J connectivity index is 0.000000984. The van der Waals surface area contributed by atoms with Gasteiger partial charge in [0.25, 0.3) is 0 Å². The Bertz CT molecular complexity index is 1560. The number of carbonyl (C=O) groups excluding carboxylic acids is 2. The van der Waals surface area contributed by atoms with Gasteiger partial charge in [0.1, 0.15) is 6.04 Å². The molecule has 1 aliphatic carbocycles. The standard InChI is InChI=1S/C28H38FN5O5S.C2HF3O2/c1-18-10-12-21(40(37,38)34(2)3)17-23(18)31-27(36)24(15-19-8-6-5-7-9-19)32-28(30)33-26(35)16-20-11-13-25(39-4)22(29)14-20;3-2(4,5)1(6)7/h10-14,17,19,24H,5-9,15-16H2,1-4H3,(H,31,36)(H3,30,32,33,35);(H,6,7)/t24-;/m1./s1. The van der Waals surface area contributed by atoms with E-state index in [0.717, 1.165) is 36.4 Å². The van der Waals surface area contributed by atoms with Gasteiger partial charge in [-0.25, -0.2) is 26.9 Å². The highest BCUT2D eigenvalue weighted by atomic mass is 32.2. The lowest BCUT2D eigenvalue weighted by atomic mass is 9.84. The molecule has 0 saturated heterocycles. The number of carboxylic acid groups (broad SMARTS) is 1. The SMILES string of the molecule is COc1ccc(CC(=O)NC(N)=N[C@H](CC2CCCCC2)C(=O)Nc2cc(S(=O)(=O)N(C)C)ccc2C)cc1F.O=C(O)C(F)(F)F. The van der Waals surface area contributed by atoms with Crippen molar-refractivity contribution in [1.82, 2.24) is 9.62 Å². The first-order valence-electron chi connectivity index (χ1n) is 14.4. The number of amides is 2. The van der Waals surface area contributed by atoms with E-state index in [4.69, 9.17) is 20.4 Å². The van der Waals surface area contributed by atoms with Crippen LogP contribution >= 0.6 is 0 Å². The van der Waals surface area contributed by atoms with Crippen LogP contribution in [0.2, 0.25) is 0 Å². The molecule has 0 heterocycles. The van der Waals surface area contributed by atoms with Crippen molar-refractivity contribution in [2.75, 3.05) is 26.5 Å². The predicted molar refractivity (Wildman–Crippen MR) is 166 cm³/mol. The third-order valence-corrected chi connectivity index (χ3v) is 9.03. The van der Waals surface area contributed by atoms with E-state index >= 15 is 0 Å². The van der Waals surface area contributed by atoms with Crippen molar-refractivity contribution in [3.63, 3.8) is 0 Å². The Labute approximate surface area is 270 Å². The number of hydrogen-bond acceptors (Lipinski definition) is 7. The quantitative estimate of drug-likeness (QED) is 0.164. The molecule has 0 bridgehead atoms. The minimum absolute atomic E-state index is 0.0486. The number of methoxy groups -OCH3 is 1. The smallest absolute Gasteiger partial charge is 0.490 e. The Hall–Kier alpha value is -4.25. The first-order chi connectivity index (χ1) is 21.8. The topological polar surface area (TPSA) is 180 Å². The summed E-state index contributed by atoms with van der Waals surface area (Å²) in [6, 6.07) is 7.83.